The normalized spacial score (nSPS) is 23.0. The van der Waals surface area contributed by atoms with Crippen LogP contribution in [0.3, 0.4) is 0 Å². The van der Waals surface area contributed by atoms with E-state index in [0.29, 0.717) is 0 Å². The standard InChI is InChI=1S/C17H36N4/c1-17(2)16-18-6-9-20-11-14-21(15-12-20)13-10-19-7-4-3-5-8-19/h17-18H,3-16H2,1-2H3. The van der Waals surface area contributed by atoms with Gasteiger partial charge in [0, 0.05) is 52.4 Å². The van der Waals surface area contributed by atoms with Gasteiger partial charge >= 0.3 is 0 Å². The van der Waals surface area contributed by atoms with Crippen molar-refractivity contribution in [3.63, 3.8) is 0 Å². The van der Waals surface area contributed by atoms with E-state index in [2.05, 4.69) is 33.9 Å². The average Bonchev–Trinajstić information content (AvgIpc) is 2.51. The van der Waals surface area contributed by atoms with E-state index in [1.807, 2.05) is 0 Å². The number of piperazine rings is 1. The highest BCUT2D eigenvalue weighted by Gasteiger charge is 2.17. The van der Waals surface area contributed by atoms with Crippen molar-refractivity contribution >= 4 is 0 Å². The number of nitrogens with one attached hydrogen (secondary N) is 1. The summed E-state index contributed by atoms with van der Waals surface area (Å²) in [4.78, 5) is 7.93. The lowest BCUT2D eigenvalue weighted by Gasteiger charge is -2.36. The number of nitrogens with zero attached hydrogens (tertiary/aromatic N) is 3. The van der Waals surface area contributed by atoms with E-state index in [1.165, 1.54) is 78.2 Å². The molecule has 4 nitrogen and oxygen atoms in total. The molecule has 0 aliphatic carbocycles. The number of likely N-dealkylation sites (tertiary alicyclic amines) is 1. The lowest BCUT2D eigenvalue weighted by Crippen LogP contribution is -2.50. The zero-order chi connectivity index (χ0) is 14.9. The van der Waals surface area contributed by atoms with Gasteiger partial charge in [0.2, 0.25) is 0 Å². The molecule has 1 N–H and O–H groups in total. The number of rotatable bonds is 8. The van der Waals surface area contributed by atoms with Gasteiger partial charge in [-0.25, -0.2) is 0 Å². The maximum Gasteiger partial charge on any atom is 0.0110 e. The van der Waals surface area contributed by atoms with Gasteiger partial charge in [0.1, 0.15) is 0 Å². The first kappa shape index (κ1) is 17.2. The van der Waals surface area contributed by atoms with Crippen LogP contribution in [0.2, 0.25) is 0 Å². The van der Waals surface area contributed by atoms with Crippen LogP contribution in [0.15, 0.2) is 0 Å². The van der Waals surface area contributed by atoms with Gasteiger partial charge in [0.05, 0.1) is 0 Å². The van der Waals surface area contributed by atoms with E-state index in [9.17, 15) is 0 Å². The minimum Gasteiger partial charge on any atom is -0.315 e. The summed E-state index contributed by atoms with van der Waals surface area (Å²) in [5, 5.41) is 3.55. The lowest BCUT2D eigenvalue weighted by molar-refractivity contribution is 0.114. The summed E-state index contributed by atoms with van der Waals surface area (Å²) in [5.74, 6) is 0.761. The van der Waals surface area contributed by atoms with Gasteiger partial charge in [-0.05, 0) is 38.4 Å². The van der Waals surface area contributed by atoms with Crippen LogP contribution in [0.5, 0.6) is 0 Å². The molecule has 0 radical (unpaired) electrons. The Hall–Kier alpha value is -0.160. The van der Waals surface area contributed by atoms with Crippen LogP contribution in [-0.4, -0.2) is 86.7 Å². The Morgan fingerprint density at radius 2 is 1.24 bits per heavy atom. The Balaban J connectivity index is 1.49. The predicted octanol–water partition coefficient (Wildman–Crippen LogP) is 1.34. The minimum atomic E-state index is 0.761. The van der Waals surface area contributed by atoms with E-state index in [0.717, 1.165) is 19.0 Å². The Morgan fingerprint density at radius 1 is 0.714 bits per heavy atom. The molecule has 0 unspecified atom stereocenters. The fourth-order valence-corrected chi connectivity index (χ4v) is 3.33. The van der Waals surface area contributed by atoms with E-state index in [-0.39, 0.29) is 0 Å². The van der Waals surface area contributed by atoms with E-state index < -0.39 is 0 Å². The third-order valence-electron chi connectivity index (χ3n) is 4.80. The first-order valence-corrected chi connectivity index (χ1v) is 9.12. The quantitative estimate of drug-likeness (QED) is 0.682. The second-order valence-electron chi connectivity index (χ2n) is 7.18. The second kappa shape index (κ2) is 9.78. The highest BCUT2D eigenvalue weighted by molar-refractivity contribution is 4.74. The van der Waals surface area contributed by atoms with Crippen molar-refractivity contribution in [2.75, 3.05) is 72.0 Å². The summed E-state index contributed by atoms with van der Waals surface area (Å²) in [6.07, 6.45) is 4.27. The van der Waals surface area contributed by atoms with Gasteiger partial charge in [0.15, 0.2) is 0 Å². The summed E-state index contributed by atoms with van der Waals surface area (Å²) >= 11 is 0. The van der Waals surface area contributed by atoms with Crippen molar-refractivity contribution in [1.29, 1.82) is 0 Å². The fourth-order valence-electron chi connectivity index (χ4n) is 3.33. The molecule has 0 aromatic heterocycles. The van der Waals surface area contributed by atoms with Gasteiger partial charge in [-0.1, -0.05) is 20.3 Å². The summed E-state index contributed by atoms with van der Waals surface area (Å²) < 4.78 is 0. The number of hydrogen-bond donors (Lipinski definition) is 1. The minimum absolute atomic E-state index is 0.761. The first-order chi connectivity index (χ1) is 10.2. The first-order valence-electron chi connectivity index (χ1n) is 9.12. The van der Waals surface area contributed by atoms with Crippen LogP contribution >= 0.6 is 0 Å². The van der Waals surface area contributed by atoms with Crippen LogP contribution in [0.1, 0.15) is 33.1 Å². The Bertz CT molecular complexity index is 256. The van der Waals surface area contributed by atoms with Crippen molar-refractivity contribution in [2.45, 2.75) is 33.1 Å². The predicted molar refractivity (Wildman–Crippen MR) is 90.9 cm³/mol. The van der Waals surface area contributed by atoms with Crippen LogP contribution in [0, 0.1) is 5.92 Å². The monoisotopic (exact) mass is 296 g/mol. The molecule has 2 saturated heterocycles. The van der Waals surface area contributed by atoms with Crippen molar-refractivity contribution in [3.8, 4) is 0 Å². The smallest absolute Gasteiger partial charge is 0.0110 e. The fraction of sp³-hybridized carbons (Fsp3) is 1.00. The highest BCUT2D eigenvalue weighted by Crippen LogP contribution is 2.09. The molecule has 0 bridgehead atoms. The van der Waals surface area contributed by atoms with Crippen molar-refractivity contribution in [2.24, 2.45) is 5.92 Å². The maximum atomic E-state index is 3.55. The molecule has 0 aromatic rings. The van der Waals surface area contributed by atoms with Gasteiger partial charge < -0.3 is 10.2 Å². The summed E-state index contributed by atoms with van der Waals surface area (Å²) in [7, 11) is 0. The van der Waals surface area contributed by atoms with Gasteiger partial charge in [-0.2, -0.15) is 0 Å². The molecule has 124 valence electrons. The zero-order valence-corrected chi connectivity index (χ0v) is 14.3. The number of hydrogen-bond acceptors (Lipinski definition) is 4. The Kier molecular flexibility index (Phi) is 8.01. The van der Waals surface area contributed by atoms with E-state index in [1.54, 1.807) is 0 Å². The molecule has 2 heterocycles. The van der Waals surface area contributed by atoms with Crippen LogP contribution in [-0.2, 0) is 0 Å². The molecule has 0 atom stereocenters. The third-order valence-corrected chi connectivity index (χ3v) is 4.80. The molecular formula is C17H36N4. The zero-order valence-electron chi connectivity index (χ0n) is 14.3. The molecule has 4 heteroatoms. The molecule has 0 aromatic carbocycles. The average molecular weight is 297 g/mol. The molecular weight excluding hydrogens is 260 g/mol. The van der Waals surface area contributed by atoms with E-state index in [4.69, 9.17) is 0 Å². The summed E-state index contributed by atoms with van der Waals surface area (Å²) in [6, 6.07) is 0. The topological polar surface area (TPSA) is 21.8 Å². The molecule has 2 fully saturated rings. The third kappa shape index (κ3) is 7.09. The lowest BCUT2D eigenvalue weighted by atomic mass is 10.1. The Labute approximate surface area is 131 Å². The van der Waals surface area contributed by atoms with Gasteiger partial charge in [0.25, 0.3) is 0 Å². The molecule has 21 heavy (non-hydrogen) atoms. The van der Waals surface area contributed by atoms with Gasteiger partial charge in [-0.3, -0.25) is 9.80 Å². The molecule has 0 amide bonds. The van der Waals surface area contributed by atoms with Crippen LogP contribution in [0.25, 0.3) is 0 Å². The molecule has 2 rings (SSSR count). The molecule has 2 aliphatic rings. The number of piperidine rings is 1. The van der Waals surface area contributed by atoms with Crippen molar-refractivity contribution in [1.82, 2.24) is 20.0 Å². The second-order valence-corrected chi connectivity index (χ2v) is 7.18. The Morgan fingerprint density at radius 3 is 1.81 bits per heavy atom. The van der Waals surface area contributed by atoms with Crippen LogP contribution < -0.4 is 5.32 Å². The largest absolute Gasteiger partial charge is 0.315 e. The van der Waals surface area contributed by atoms with E-state index >= 15 is 0 Å². The molecule has 2 aliphatic heterocycles. The summed E-state index contributed by atoms with van der Waals surface area (Å²) in [6.45, 7) is 18.3. The highest BCUT2D eigenvalue weighted by atomic mass is 15.3. The SMILES string of the molecule is CC(C)CNCCN1CCN(CCN2CCCCC2)CC1. The van der Waals surface area contributed by atoms with Gasteiger partial charge in [-0.15, -0.1) is 0 Å². The van der Waals surface area contributed by atoms with Crippen LogP contribution in [0.4, 0.5) is 0 Å². The maximum absolute atomic E-state index is 3.55. The molecule has 0 spiro atoms. The summed E-state index contributed by atoms with van der Waals surface area (Å²) in [5.41, 5.74) is 0. The van der Waals surface area contributed by atoms with Crippen molar-refractivity contribution < 1.29 is 0 Å². The van der Waals surface area contributed by atoms with Crippen molar-refractivity contribution in [3.05, 3.63) is 0 Å². The molecule has 0 saturated carbocycles.